The zero-order valence-electron chi connectivity index (χ0n) is 11.0. The van der Waals surface area contributed by atoms with Crippen LogP contribution in [0.1, 0.15) is 21.7 Å². The Hall–Kier alpha value is -2.08. The molecule has 2 aromatic rings. The van der Waals surface area contributed by atoms with Crippen molar-refractivity contribution in [1.29, 1.82) is 0 Å². The molecule has 0 radical (unpaired) electrons. The number of hydrogen-bond acceptors (Lipinski definition) is 4. The summed E-state index contributed by atoms with van der Waals surface area (Å²) in [7, 11) is 1.58. The number of halogens is 2. The standard InChI is InChI=1S/C13H13ClFN3O2/c1-7-11(16)12(18(2)17-7)13(19)20-6-8-5-9(14)3-4-10(8)15/h3-5H,6,16H2,1-2H3. The molecule has 20 heavy (non-hydrogen) atoms. The summed E-state index contributed by atoms with van der Waals surface area (Å²) in [6, 6.07) is 4.04. The normalized spacial score (nSPS) is 10.6. The highest BCUT2D eigenvalue weighted by molar-refractivity contribution is 6.30. The first-order chi connectivity index (χ1) is 9.40. The molecule has 1 aromatic heterocycles. The Balaban J connectivity index is 2.15. The van der Waals surface area contributed by atoms with Crippen molar-refractivity contribution in [2.75, 3.05) is 5.73 Å². The van der Waals surface area contributed by atoms with Crippen molar-refractivity contribution in [2.24, 2.45) is 7.05 Å². The van der Waals surface area contributed by atoms with Crippen LogP contribution in [0.5, 0.6) is 0 Å². The average Bonchev–Trinajstić information content (AvgIpc) is 2.64. The lowest BCUT2D eigenvalue weighted by Gasteiger charge is -2.07. The van der Waals surface area contributed by atoms with Crippen molar-refractivity contribution >= 4 is 23.3 Å². The Labute approximate surface area is 120 Å². The number of anilines is 1. The molecule has 0 atom stereocenters. The molecule has 1 aromatic carbocycles. The molecule has 0 aliphatic rings. The molecule has 0 bridgehead atoms. The van der Waals surface area contributed by atoms with Gasteiger partial charge in [0.1, 0.15) is 12.4 Å². The van der Waals surface area contributed by atoms with Gasteiger partial charge in [-0.3, -0.25) is 4.68 Å². The van der Waals surface area contributed by atoms with Crippen molar-refractivity contribution in [3.8, 4) is 0 Å². The Bertz CT molecular complexity index is 670. The summed E-state index contributed by atoms with van der Waals surface area (Å²) >= 11 is 5.76. The zero-order valence-corrected chi connectivity index (χ0v) is 11.7. The SMILES string of the molecule is Cc1nn(C)c(C(=O)OCc2cc(Cl)ccc2F)c1N. The van der Waals surface area contributed by atoms with Crippen LogP contribution in [0.2, 0.25) is 5.02 Å². The summed E-state index contributed by atoms with van der Waals surface area (Å²) in [5.41, 5.74) is 6.88. The first-order valence-corrected chi connectivity index (χ1v) is 6.18. The van der Waals surface area contributed by atoms with Crippen molar-refractivity contribution in [3.63, 3.8) is 0 Å². The Kier molecular flexibility index (Phi) is 3.94. The van der Waals surface area contributed by atoms with Gasteiger partial charge >= 0.3 is 5.97 Å². The van der Waals surface area contributed by atoms with Gasteiger partial charge in [0.2, 0.25) is 0 Å². The summed E-state index contributed by atoms with van der Waals surface area (Å²) < 4.78 is 19.9. The Morgan fingerprint density at radius 2 is 2.25 bits per heavy atom. The highest BCUT2D eigenvalue weighted by Gasteiger charge is 2.19. The number of rotatable bonds is 3. The molecule has 2 N–H and O–H groups in total. The molecule has 0 fully saturated rings. The first kappa shape index (κ1) is 14.3. The number of benzene rings is 1. The number of nitrogen functional groups attached to an aromatic ring is 1. The number of nitrogens with zero attached hydrogens (tertiary/aromatic N) is 2. The largest absolute Gasteiger partial charge is 0.456 e. The Morgan fingerprint density at radius 1 is 1.55 bits per heavy atom. The monoisotopic (exact) mass is 297 g/mol. The smallest absolute Gasteiger partial charge is 0.359 e. The maximum atomic E-state index is 13.5. The summed E-state index contributed by atoms with van der Waals surface area (Å²) in [4.78, 5) is 12.0. The van der Waals surface area contributed by atoms with E-state index >= 15 is 0 Å². The van der Waals surface area contributed by atoms with Crippen molar-refractivity contribution < 1.29 is 13.9 Å². The van der Waals surface area contributed by atoms with Gasteiger partial charge in [0.05, 0.1) is 11.4 Å². The fourth-order valence-electron chi connectivity index (χ4n) is 1.78. The highest BCUT2D eigenvalue weighted by Crippen LogP contribution is 2.19. The van der Waals surface area contributed by atoms with Crippen LogP contribution in [0.25, 0.3) is 0 Å². The maximum Gasteiger partial charge on any atom is 0.359 e. The van der Waals surface area contributed by atoms with Gasteiger partial charge < -0.3 is 10.5 Å². The maximum absolute atomic E-state index is 13.5. The molecule has 5 nitrogen and oxygen atoms in total. The lowest BCUT2D eigenvalue weighted by Crippen LogP contribution is -2.13. The second kappa shape index (κ2) is 5.50. The van der Waals surface area contributed by atoms with Crippen LogP contribution in [-0.2, 0) is 18.4 Å². The van der Waals surface area contributed by atoms with E-state index in [1.165, 1.54) is 22.9 Å². The van der Waals surface area contributed by atoms with E-state index in [0.29, 0.717) is 10.7 Å². The van der Waals surface area contributed by atoms with Gasteiger partial charge in [-0.15, -0.1) is 0 Å². The van der Waals surface area contributed by atoms with Gasteiger partial charge in [-0.1, -0.05) is 11.6 Å². The van der Waals surface area contributed by atoms with Gasteiger partial charge in [-0.2, -0.15) is 5.10 Å². The van der Waals surface area contributed by atoms with Crippen LogP contribution in [0.3, 0.4) is 0 Å². The molecule has 1 heterocycles. The van der Waals surface area contributed by atoms with Crippen LogP contribution in [0, 0.1) is 12.7 Å². The molecule has 0 saturated carbocycles. The molecule has 0 unspecified atom stereocenters. The number of ether oxygens (including phenoxy) is 1. The third-order valence-electron chi connectivity index (χ3n) is 2.83. The highest BCUT2D eigenvalue weighted by atomic mass is 35.5. The van der Waals surface area contributed by atoms with Gasteiger partial charge in [0.25, 0.3) is 0 Å². The second-order valence-corrected chi connectivity index (χ2v) is 4.72. The molecule has 2 rings (SSSR count). The van der Waals surface area contributed by atoms with Crippen LogP contribution >= 0.6 is 11.6 Å². The average molecular weight is 298 g/mol. The number of carbonyl (C=O) groups is 1. The molecule has 0 amide bonds. The van der Waals surface area contributed by atoms with Gasteiger partial charge in [-0.05, 0) is 25.1 Å². The minimum atomic E-state index is -0.662. The summed E-state index contributed by atoms with van der Waals surface area (Å²) in [5.74, 6) is -1.15. The molecular weight excluding hydrogens is 285 g/mol. The van der Waals surface area contributed by atoms with Crippen molar-refractivity contribution in [3.05, 3.63) is 46.0 Å². The molecular formula is C13H13ClFN3O2. The van der Waals surface area contributed by atoms with E-state index in [1.807, 2.05) is 0 Å². The first-order valence-electron chi connectivity index (χ1n) is 5.80. The number of aryl methyl sites for hydroxylation is 2. The summed E-state index contributed by atoms with van der Waals surface area (Å²) in [6.45, 7) is 1.46. The number of hydrogen-bond donors (Lipinski definition) is 1. The van der Waals surface area contributed by atoms with Crippen LogP contribution in [0.15, 0.2) is 18.2 Å². The molecule has 0 spiro atoms. The molecule has 0 saturated heterocycles. The predicted octanol–water partition coefficient (Wildman–Crippen LogP) is 2.46. The number of aromatic nitrogens is 2. The minimum absolute atomic E-state index is 0.143. The number of carbonyl (C=O) groups excluding carboxylic acids is 1. The molecule has 0 aliphatic carbocycles. The van der Waals surface area contributed by atoms with E-state index in [4.69, 9.17) is 22.1 Å². The topological polar surface area (TPSA) is 70.1 Å². The van der Waals surface area contributed by atoms with Crippen LogP contribution in [0.4, 0.5) is 10.1 Å². The van der Waals surface area contributed by atoms with E-state index in [-0.39, 0.29) is 23.6 Å². The van der Waals surface area contributed by atoms with Gasteiger partial charge in [-0.25, -0.2) is 9.18 Å². The summed E-state index contributed by atoms with van der Waals surface area (Å²) in [5, 5.41) is 4.38. The van der Waals surface area contributed by atoms with E-state index < -0.39 is 11.8 Å². The third kappa shape index (κ3) is 2.75. The molecule has 106 valence electrons. The van der Waals surface area contributed by atoms with E-state index in [2.05, 4.69) is 5.10 Å². The van der Waals surface area contributed by atoms with E-state index in [9.17, 15) is 9.18 Å². The zero-order chi connectivity index (χ0) is 14.9. The van der Waals surface area contributed by atoms with Crippen LogP contribution < -0.4 is 5.73 Å². The third-order valence-corrected chi connectivity index (χ3v) is 3.06. The minimum Gasteiger partial charge on any atom is -0.456 e. The van der Waals surface area contributed by atoms with Crippen LogP contribution in [-0.4, -0.2) is 15.7 Å². The second-order valence-electron chi connectivity index (χ2n) is 4.28. The molecule has 7 heteroatoms. The predicted molar refractivity (Wildman–Crippen MR) is 72.9 cm³/mol. The van der Waals surface area contributed by atoms with Crippen molar-refractivity contribution in [1.82, 2.24) is 9.78 Å². The Morgan fingerprint density at radius 3 is 2.85 bits per heavy atom. The summed E-state index contributed by atoms with van der Waals surface area (Å²) in [6.07, 6.45) is 0. The fraction of sp³-hybridized carbons (Fsp3) is 0.231. The lowest BCUT2D eigenvalue weighted by atomic mass is 10.2. The molecule has 0 aliphatic heterocycles. The fourth-order valence-corrected chi connectivity index (χ4v) is 1.98. The van der Waals surface area contributed by atoms with Gasteiger partial charge in [0, 0.05) is 17.6 Å². The van der Waals surface area contributed by atoms with Crippen molar-refractivity contribution in [2.45, 2.75) is 13.5 Å². The van der Waals surface area contributed by atoms with E-state index in [1.54, 1.807) is 14.0 Å². The number of nitrogens with two attached hydrogens (primary N) is 1. The lowest BCUT2D eigenvalue weighted by molar-refractivity contribution is 0.0457. The van der Waals surface area contributed by atoms with E-state index in [0.717, 1.165) is 0 Å². The quantitative estimate of drug-likeness (QED) is 0.884. The van der Waals surface area contributed by atoms with Gasteiger partial charge in [0.15, 0.2) is 5.69 Å². The number of esters is 1.